The first-order valence-corrected chi connectivity index (χ1v) is 2.20. The second kappa shape index (κ2) is 188. The number of nitrogens with two attached hydrogens (primary N) is 1. The van der Waals surface area contributed by atoms with Crippen molar-refractivity contribution in [3.8, 4) is 0 Å². The van der Waals surface area contributed by atoms with Crippen LogP contribution in [0.4, 0.5) is 5.69 Å². The Hall–Kier alpha value is -1.62. The Morgan fingerprint density at radius 1 is 0.348 bits per heavy atom. The van der Waals surface area contributed by atoms with E-state index in [0.29, 0.717) is 0 Å². The van der Waals surface area contributed by atoms with Crippen molar-refractivity contribution in [1.82, 2.24) is 0 Å². The van der Waals surface area contributed by atoms with Crippen molar-refractivity contribution in [3.63, 3.8) is 0 Å². The Bertz CT molecular complexity index is 154. The summed E-state index contributed by atoms with van der Waals surface area (Å²) < 4.78 is 0. The van der Waals surface area contributed by atoms with Gasteiger partial charge in [-0.2, -0.15) is 0 Å². The summed E-state index contributed by atoms with van der Waals surface area (Å²) in [4.78, 5) is 0. The van der Waals surface area contributed by atoms with Gasteiger partial charge in [-0.3, -0.25) is 0 Å². The van der Waals surface area contributed by atoms with E-state index in [2.05, 4.69) is 0 Å². The van der Waals surface area contributed by atoms with Gasteiger partial charge in [0.25, 0.3) is 0 Å². The molecular weight excluding hydrogens is 342 g/mol. The first-order chi connectivity index (χ1) is 3.39. The minimum Gasteiger partial charge on any atom is -0.412 e. The van der Waals surface area contributed by atoms with E-state index in [1.807, 2.05) is 30.3 Å². The molecule has 0 aromatic heterocycles. The fraction of sp³-hybridized carbons (Fsp3) is 0. The largest absolute Gasteiger partial charge is 0.412 e. The third-order valence-electron chi connectivity index (χ3n) is 0.800. The molecule has 0 radical (unpaired) electrons. The van der Waals surface area contributed by atoms with Crippen molar-refractivity contribution in [2.24, 2.45) is 0 Å². The summed E-state index contributed by atoms with van der Waals surface area (Å²) in [7, 11) is 0. The maximum atomic E-state index is 5.36. The minimum absolute atomic E-state index is 0. The van der Waals surface area contributed by atoms with E-state index in [1.165, 1.54) is 0 Å². The zero-order valence-electron chi connectivity index (χ0n) is 12.0. The standard InChI is InChI=1S/C6H7N.16H2O/c7-6-4-2-1-3-5-6;;;;;;;;;;;;;;;;/h1-5H,7H2;16*1H2. The van der Waals surface area contributed by atoms with Crippen LogP contribution >= 0.6 is 0 Å². The molecule has 0 aliphatic heterocycles. The quantitative estimate of drug-likeness (QED) is 0.420. The highest BCUT2D eigenvalue weighted by Crippen LogP contribution is 1.95. The molecule has 0 unspecified atom stereocenters. The summed E-state index contributed by atoms with van der Waals surface area (Å²) in [5, 5.41) is 0. The second-order valence-electron chi connectivity index (χ2n) is 1.41. The average Bonchev–Trinajstić information content (AvgIpc) is 1.69. The van der Waals surface area contributed by atoms with Gasteiger partial charge in [-0.1, -0.05) is 18.2 Å². The molecule has 0 heterocycles. The molecule has 17 heteroatoms. The summed E-state index contributed by atoms with van der Waals surface area (Å²) in [5.41, 5.74) is 6.18. The molecule has 0 bridgehead atoms. The Kier molecular flexibility index (Phi) is 2510. The van der Waals surface area contributed by atoms with Crippen LogP contribution in [0.3, 0.4) is 0 Å². The van der Waals surface area contributed by atoms with E-state index < -0.39 is 0 Å². The maximum absolute atomic E-state index is 5.36. The number of anilines is 1. The molecule has 0 saturated heterocycles. The van der Waals surface area contributed by atoms with Crippen LogP contribution in [0.15, 0.2) is 30.3 Å². The lowest BCUT2D eigenvalue weighted by Crippen LogP contribution is -1.79. The number of hydrogen-bond acceptors (Lipinski definition) is 1. The van der Waals surface area contributed by atoms with Gasteiger partial charge in [0.15, 0.2) is 0 Å². The van der Waals surface area contributed by atoms with E-state index in [1.54, 1.807) is 0 Å². The van der Waals surface area contributed by atoms with Crippen molar-refractivity contribution in [1.29, 1.82) is 0 Å². The highest BCUT2D eigenvalue weighted by atomic mass is 16.0. The Labute approximate surface area is 130 Å². The lowest BCUT2D eigenvalue weighted by atomic mass is 10.3. The van der Waals surface area contributed by atoms with Gasteiger partial charge in [0, 0.05) is 5.69 Å². The molecule has 34 N–H and O–H groups in total. The molecule has 0 aliphatic rings. The van der Waals surface area contributed by atoms with Gasteiger partial charge in [-0.15, -0.1) is 0 Å². The van der Waals surface area contributed by atoms with Gasteiger partial charge >= 0.3 is 0 Å². The molecule has 1 rings (SSSR count). The highest BCUT2D eigenvalue weighted by molar-refractivity contribution is 5.35. The lowest BCUT2D eigenvalue weighted by molar-refractivity contribution is 0.823. The van der Waals surface area contributed by atoms with E-state index in [9.17, 15) is 0 Å². The molecule has 23 heavy (non-hydrogen) atoms. The number of nitrogen functional groups attached to an aromatic ring is 1. The van der Waals surface area contributed by atoms with Crippen molar-refractivity contribution < 1.29 is 87.6 Å². The Balaban J connectivity index is -0.00000000219. The molecule has 0 fully saturated rings. The first kappa shape index (κ1) is 307. The number of benzene rings is 1. The monoisotopic (exact) mass is 381 g/mol. The second-order valence-corrected chi connectivity index (χ2v) is 1.41. The van der Waals surface area contributed by atoms with Crippen LogP contribution in [0.25, 0.3) is 0 Å². The summed E-state index contributed by atoms with van der Waals surface area (Å²) >= 11 is 0. The predicted octanol–water partition coefficient (Wildman–Crippen LogP) is -11.9. The smallest absolute Gasteiger partial charge is 0.0313 e. The molecule has 164 valence electrons. The fourth-order valence-electron chi connectivity index (χ4n) is 0.453. The molecule has 1 aromatic rings. The normalized spacial score (nSPS) is 2.61. The first-order valence-electron chi connectivity index (χ1n) is 2.20. The average molecular weight is 381 g/mol. The van der Waals surface area contributed by atoms with Crippen LogP contribution in [0.5, 0.6) is 0 Å². The zero-order valence-corrected chi connectivity index (χ0v) is 12.0. The van der Waals surface area contributed by atoms with Crippen LogP contribution in [0.1, 0.15) is 0 Å². The third kappa shape index (κ3) is 169. The van der Waals surface area contributed by atoms with Gasteiger partial charge in [0.05, 0.1) is 0 Å². The van der Waals surface area contributed by atoms with Gasteiger partial charge in [-0.25, -0.2) is 0 Å². The SMILES string of the molecule is Nc1ccccc1.O.O.O.O.O.O.O.O.O.O.O.O.O.O.O.O. The van der Waals surface area contributed by atoms with Crippen LogP contribution in [-0.2, 0) is 0 Å². The highest BCUT2D eigenvalue weighted by Gasteiger charge is 1.72. The molecule has 0 aliphatic carbocycles. The lowest BCUT2D eigenvalue weighted by Gasteiger charge is -1.83. The fourth-order valence-corrected chi connectivity index (χ4v) is 0.453. The summed E-state index contributed by atoms with van der Waals surface area (Å²) in [5.74, 6) is 0. The van der Waals surface area contributed by atoms with Crippen LogP contribution in [-0.4, -0.2) is 87.6 Å². The van der Waals surface area contributed by atoms with E-state index in [0.717, 1.165) is 5.69 Å². The van der Waals surface area contributed by atoms with Gasteiger partial charge in [0.2, 0.25) is 0 Å². The predicted molar refractivity (Wildman–Crippen MR) is 88.7 cm³/mol. The van der Waals surface area contributed by atoms with E-state index in [4.69, 9.17) is 5.73 Å². The third-order valence-corrected chi connectivity index (χ3v) is 0.800. The molecule has 1 aromatic carbocycles. The van der Waals surface area contributed by atoms with Gasteiger partial charge < -0.3 is 93.4 Å². The summed E-state index contributed by atoms with van der Waals surface area (Å²) in [6, 6.07) is 9.49. The maximum Gasteiger partial charge on any atom is 0.0313 e. The van der Waals surface area contributed by atoms with Crippen LogP contribution < -0.4 is 5.73 Å². The van der Waals surface area contributed by atoms with Crippen molar-refractivity contribution in [3.05, 3.63) is 30.3 Å². The van der Waals surface area contributed by atoms with Crippen molar-refractivity contribution >= 4 is 5.69 Å². The van der Waals surface area contributed by atoms with Crippen molar-refractivity contribution in [2.75, 3.05) is 5.73 Å². The summed E-state index contributed by atoms with van der Waals surface area (Å²) in [6.07, 6.45) is 0. The van der Waals surface area contributed by atoms with E-state index >= 15 is 0 Å². The summed E-state index contributed by atoms with van der Waals surface area (Å²) in [6.45, 7) is 0. The Morgan fingerprint density at radius 3 is 0.609 bits per heavy atom. The zero-order chi connectivity index (χ0) is 5.11. The van der Waals surface area contributed by atoms with E-state index in [-0.39, 0.29) is 87.6 Å². The molecular formula is C6H39NO16. The number of rotatable bonds is 0. The van der Waals surface area contributed by atoms with Crippen LogP contribution in [0, 0.1) is 0 Å². The molecule has 0 saturated carbocycles. The molecule has 0 spiro atoms. The number of hydrogen-bond donors (Lipinski definition) is 1. The minimum atomic E-state index is 0. The molecule has 17 nitrogen and oxygen atoms in total. The van der Waals surface area contributed by atoms with Gasteiger partial charge in [-0.05, 0) is 12.1 Å². The number of para-hydroxylation sites is 1. The van der Waals surface area contributed by atoms with Crippen LogP contribution in [0.2, 0.25) is 0 Å². The molecule has 0 atom stereocenters. The Morgan fingerprint density at radius 2 is 0.522 bits per heavy atom. The molecule has 0 amide bonds. The van der Waals surface area contributed by atoms with Crippen molar-refractivity contribution in [2.45, 2.75) is 0 Å². The van der Waals surface area contributed by atoms with Gasteiger partial charge in [0.1, 0.15) is 0 Å². The topological polar surface area (TPSA) is 530 Å².